The van der Waals surface area contributed by atoms with Gasteiger partial charge in [0, 0.05) is 38.6 Å². The summed E-state index contributed by atoms with van der Waals surface area (Å²) in [7, 11) is 0. The molecule has 0 radical (unpaired) electrons. The molecule has 1 aliphatic rings. The predicted molar refractivity (Wildman–Crippen MR) is 90.9 cm³/mol. The topological polar surface area (TPSA) is 90.9 Å². The molecular weight excluding hydrogens is 292 g/mol. The number of β-amino-alcohol motifs (C(OH)–C–C–N with tert-alkyl or cyclic N) is 1. The fraction of sp³-hybridized carbons (Fsp3) is 0.412. The second-order valence-corrected chi connectivity index (χ2v) is 5.56. The van der Waals surface area contributed by atoms with E-state index in [-0.39, 0.29) is 18.1 Å². The van der Waals surface area contributed by atoms with Crippen molar-refractivity contribution in [3.63, 3.8) is 0 Å². The Morgan fingerprint density at radius 3 is 2.91 bits per heavy atom. The largest absolute Gasteiger partial charge is 0.403 e. The number of amides is 1. The monoisotopic (exact) mass is 316 g/mol. The van der Waals surface area contributed by atoms with Gasteiger partial charge < -0.3 is 16.2 Å². The van der Waals surface area contributed by atoms with E-state index >= 15 is 0 Å². The Balaban J connectivity index is 1.80. The van der Waals surface area contributed by atoms with Gasteiger partial charge in [0.15, 0.2) is 0 Å². The molecule has 1 aromatic rings. The summed E-state index contributed by atoms with van der Waals surface area (Å²) in [6.45, 7) is 4.14. The molecule has 0 unspecified atom stereocenters. The lowest BCUT2D eigenvalue weighted by Gasteiger charge is -2.30. The van der Waals surface area contributed by atoms with Crippen LogP contribution in [-0.2, 0) is 17.8 Å². The molecule has 1 aromatic carbocycles. The standard InChI is InChI=1S/C17H24N4O2/c1-2-19-16(9-18)17(23)20-10-15(22)12-21-8-7-13-5-3-4-6-14(13)11-21/h2-6,9,15,22H,7-8,10-12,18H2,1H3,(H,20,23)/b16-9-,19-2?/t15-/m1/s1. The number of nitrogens with zero attached hydrogens (tertiary/aromatic N) is 2. The molecule has 6 nitrogen and oxygen atoms in total. The third kappa shape index (κ3) is 4.91. The molecule has 0 saturated heterocycles. The van der Waals surface area contributed by atoms with Gasteiger partial charge in [-0.3, -0.25) is 14.7 Å². The van der Waals surface area contributed by atoms with Gasteiger partial charge in [-0.25, -0.2) is 0 Å². The molecule has 2 rings (SSSR count). The molecule has 0 bridgehead atoms. The lowest BCUT2D eigenvalue weighted by Crippen LogP contribution is -2.42. The van der Waals surface area contributed by atoms with Crippen LogP contribution in [0.15, 0.2) is 41.2 Å². The Kier molecular flexibility index (Phi) is 6.31. The number of fused-ring (bicyclic) bond motifs is 1. The molecule has 0 aromatic heterocycles. The number of hydrogen-bond acceptors (Lipinski definition) is 5. The number of aliphatic imine (C=N–C) groups is 1. The summed E-state index contributed by atoms with van der Waals surface area (Å²) < 4.78 is 0. The van der Waals surface area contributed by atoms with Crippen LogP contribution < -0.4 is 11.1 Å². The molecule has 0 aliphatic carbocycles. The first-order valence-electron chi connectivity index (χ1n) is 7.80. The van der Waals surface area contributed by atoms with E-state index in [1.165, 1.54) is 17.3 Å². The van der Waals surface area contributed by atoms with E-state index in [9.17, 15) is 9.90 Å². The fourth-order valence-electron chi connectivity index (χ4n) is 2.69. The van der Waals surface area contributed by atoms with Crippen LogP contribution in [-0.4, -0.2) is 47.9 Å². The van der Waals surface area contributed by atoms with Crippen LogP contribution in [0.2, 0.25) is 0 Å². The van der Waals surface area contributed by atoms with Crippen LogP contribution in [0.5, 0.6) is 0 Å². The minimum atomic E-state index is -0.631. The first-order valence-corrected chi connectivity index (χ1v) is 7.80. The number of nitrogens with one attached hydrogen (secondary N) is 1. The van der Waals surface area contributed by atoms with Crippen molar-refractivity contribution in [2.75, 3.05) is 19.6 Å². The van der Waals surface area contributed by atoms with E-state index in [0.29, 0.717) is 6.54 Å². The number of aliphatic hydroxyl groups excluding tert-OH is 1. The maximum atomic E-state index is 11.8. The van der Waals surface area contributed by atoms with Gasteiger partial charge in [-0.15, -0.1) is 0 Å². The molecule has 124 valence electrons. The van der Waals surface area contributed by atoms with Gasteiger partial charge in [-0.05, 0) is 24.5 Å². The maximum Gasteiger partial charge on any atom is 0.271 e. The molecule has 6 heteroatoms. The van der Waals surface area contributed by atoms with Gasteiger partial charge in [0.2, 0.25) is 0 Å². The Labute approximate surface area is 136 Å². The minimum Gasteiger partial charge on any atom is -0.403 e. The van der Waals surface area contributed by atoms with Gasteiger partial charge in [0.25, 0.3) is 5.91 Å². The predicted octanol–water partition coefficient (Wildman–Crippen LogP) is 0.413. The molecule has 0 saturated carbocycles. The second kappa shape index (κ2) is 8.45. The summed E-state index contributed by atoms with van der Waals surface area (Å²) in [6, 6.07) is 8.36. The van der Waals surface area contributed by atoms with Crippen molar-refractivity contribution < 1.29 is 9.90 Å². The highest BCUT2D eigenvalue weighted by Crippen LogP contribution is 2.18. The van der Waals surface area contributed by atoms with Crippen LogP contribution in [0.1, 0.15) is 18.1 Å². The number of hydrogen-bond donors (Lipinski definition) is 3. The molecule has 1 atom stereocenters. The third-order valence-electron chi connectivity index (χ3n) is 3.84. The highest BCUT2D eigenvalue weighted by Gasteiger charge is 2.19. The fourth-order valence-corrected chi connectivity index (χ4v) is 2.69. The molecule has 1 amide bonds. The van der Waals surface area contributed by atoms with Crippen molar-refractivity contribution >= 4 is 12.1 Å². The van der Waals surface area contributed by atoms with Gasteiger partial charge in [0.1, 0.15) is 5.70 Å². The van der Waals surface area contributed by atoms with Crippen LogP contribution in [0, 0.1) is 0 Å². The summed E-state index contributed by atoms with van der Waals surface area (Å²) in [4.78, 5) is 17.9. The normalized spacial score (nSPS) is 17.0. The second-order valence-electron chi connectivity index (χ2n) is 5.56. The zero-order valence-corrected chi connectivity index (χ0v) is 13.4. The zero-order valence-electron chi connectivity index (χ0n) is 13.4. The Morgan fingerprint density at radius 2 is 2.22 bits per heavy atom. The van der Waals surface area contributed by atoms with Crippen molar-refractivity contribution in [1.29, 1.82) is 0 Å². The van der Waals surface area contributed by atoms with Gasteiger partial charge in [0.05, 0.1) is 6.10 Å². The summed E-state index contributed by atoms with van der Waals surface area (Å²) in [5, 5.41) is 12.8. The molecule has 4 N–H and O–H groups in total. The van der Waals surface area contributed by atoms with E-state index in [1.54, 1.807) is 6.92 Å². The van der Waals surface area contributed by atoms with Gasteiger partial charge in [-0.2, -0.15) is 0 Å². The molecule has 0 fully saturated rings. The van der Waals surface area contributed by atoms with Crippen LogP contribution in [0.25, 0.3) is 0 Å². The summed E-state index contributed by atoms with van der Waals surface area (Å²) in [6.07, 6.45) is 3.01. The van der Waals surface area contributed by atoms with E-state index in [0.717, 1.165) is 25.7 Å². The van der Waals surface area contributed by atoms with Crippen molar-refractivity contribution in [2.45, 2.75) is 26.0 Å². The lowest BCUT2D eigenvalue weighted by molar-refractivity contribution is -0.118. The quantitative estimate of drug-likeness (QED) is 0.524. The summed E-state index contributed by atoms with van der Waals surface area (Å²) in [5.74, 6) is -0.381. The average molecular weight is 316 g/mol. The number of rotatable bonds is 6. The van der Waals surface area contributed by atoms with E-state index < -0.39 is 6.10 Å². The van der Waals surface area contributed by atoms with E-state index in [2.05, 4.69) is 33.4 Å². The SMILES string of the molecule is CC=N/C(=C\N)C(=O)NC[C@@H](O)CN1CCc2ccccc2C1. The van der Waals surface area contributed by atoms with E-state index in [1.807, 2.05) is 6.07 Å². The van der Waals surface area contributed by atoms with Crippen molar-refractivity contribution in [3.8, 4) is 0 Å². The van der Waals surface area contributed by atoms with Crippen molar-refractivity contribution in [1.82, 2.24) is 10.2 Å². The number of benzene rings is 1. The number of carbonyl (C=O) groups excluding carboxylic acids is 1. The van der Waals surface area contributed by atoms with Crippen molar-refractivity contribution in [2.24, 2.45) is 10.7 Å². The highest BCUT2D eigenvalue weighted by atomic mass is 16.3. The lowest BCUT2D eigenvalue weighted by atomic mass is 10.00. The Morgan fingerprint density at radius 1 is 1.48 bits per heavy atom. The minimum absolute atomic E-state index is 0.145. The smallest absolute Gasteiger partial charge is 0.271 e. The molecule has 23 heavy (non-hydrogen) atoms. The summed E-state index contributed by atoms with van der Waals surface area (Å²) in [5.41, 5.74) is 8.18. The molecule has 0 spiro atoms. The van der Waals surface area contributed by atoms with Gasteiger partial charge in [-0.1, -0.05) is 24.3 Å². The first kappa shape index (κ1) is 17.2. The Bertz CT molecular complexity index is 598. The van der Waals surface area contributed by atoms with E-state index in [4.69, 9.17) is 5.73 Å². The Hall–Kier alpha value is -2.18. The molecule has 1 aliphatic heterocycles. The maximum absolute atomic E-state index is 11.8. The average Bonchev–Trinajstić information content (AvgIpc) is 2.57. The highest BCUT2D eigenvalue weighted by molar-refractivity contribution is 5.94. The number of aliphatic hydroxyl groups is 1. The van der Waals surface area contributed by atoms with Crippen molar-refractivity contribution in [3.05, 3.63) is 47.3 Å². The molecule has 1 heterocycles. The van der Waals surface area contributed by atoms with Crippen LogP contribution >= 0.6 is 0 Å². The van der Waals surface area contributed by atoms with Crippen LogP contribution in [0.4, 0.5) is 0 Å². The third-order valence-corrected chi connectivity index (χ3v) is 3.84. The van der Waals surface area contributed by atoms with Gasteiger partial charge >= 0.3 is 0 Å². The molecular formula is C17H24N4O2. The number of carbonyl (C=O) groups is 1. The number of nitrogens with two attached hydrogens (primary N) is 1. The summed E-state index contributed by atoms with van der Waals surface area (Å²) >= 11 is 0. The van der Waals surface area contributed by atoms with Crippen LogP contribution in [0.3, 0.4) is 0 Å². The zero-order chi connectivity index (χ0) is 16.7. The first-order chi connectivity index (χ1) is 11.1.